The lowest BCUT2D eigenvalue weighted by Crippen LogP contribution is -2.31. The maximum absolute atomic E-state index is 3.52. The van der Waals surface area contributed by atoms with Crippen LogP contribution in [0.2, 0.25) is 0 Å². The summed E-state index contributed by atoms with van der Waals surface area (Å²) in [6, 6.07) is 0. The summed E-state index contributed by atoms with van der Waals surface area (Å²) in [5.74, 6) is 3.94. The molecule has 15 heavy (non-hydrogen) atoms. The van der Waals surface area contributed by atoms with Gasteiger partial charge in [0.1, 0.15) is 0 Å². The van der Waals surface area contributed by atoms with Crippen LogP contribution in [0.1, 0.15) is 26.2 Å². The molecule has 3 aliphatic rings. The Balaban J connectivity index is 1.52. The van der Waals surface area contributed by atoms with Gasteiger partial charge in [-0.05, 0) is 49.6 Å². The molecule has 2 unspecified atom stereocenters. The second-order valence-electron chi connectivity index (χ2n) is 6.07. The van der Waals surface area contributed by atoms with Crippen LogP contribution in [0.3, 0.4) is 0 Å². The lowest BCUT2D eigenvalue weighted by molar-refractivity contribution is 0.244. The van der Waals surface area contributed by atoms with Gasteiger partial charge in [-0.2, -0.15) is 0 Å². The molecule has 0 radical (unpaired) electrons. The smallest absolute Gasteiger partial charge is 0.00251 e. The third-order valence-corrected chi connectivity index (χ3v) is 4.97. The maximum Gasteiger partial charge on any atom is 0.00251 e. The van der Waals surface area contributed by atoms with Crippen LogP contribution in [0.4, 0.5) is 0 Å². The summed E-state index contributed by atoms with van der Waals surface area (Å²) in [6.45, 7) is 9.09. The van der Waals surface area contributed by atoms with Gasteiger partial charge in [0.05, 0.1) is 0 Å². The van der Waals surface area contributed by atoms with E-state index < -0.39 is 0 Å². The maximum atomic E-state index is 3.52. The van der Waals surface area contributed by atoms with Crippen LogP contribution in [0, 0.1) is 23.7 Å². The van der Waals surface area contributed by atoms with Crippen LogP contribution in [-0.2, 0) is 0 Å². The zero-order valence-corrected chi connectivity index (χ0v) is 9.91. The molecule has 2 aliphatic heterocycles. The lowest BCUT2D eigenvalue weighted by Gasteiger charge is -2.23. The van der Waals surface area contributed by atoms with Crippen molar-refractivity contribution in [1.29, 1.82) is 0 Å². The Labute approximate surface area is 93.4 Å². The molecule has 2 nitrogen and oxygen atoms in total. The number of nitrogens with zero attached hydrogens (tertiary/aromatic N) is 1. The van der Waals surface area contributed by atoms with E-state index in [0.717, 1.165) is 23.7 Å². The van der Waals surface area contributed by atoms with Crippen LogP contribution in [0.15, 0.2) is 0 Å². The van der Waals surface area contributed by atoms with Gasteiger partial charge in [0.2, 0.25) is 0 Å². The molecule has 1 saturated carbocycles. The molecule has 0 bridgehead atoms. The van der Waals surface area contributed by atoms with Crippen LogP contribution in [-0.4, -0.2) is 37.6 Å². The number of likely N-dealkylation sites (tertiary alicyclic amines) is 1. The zero-order chi connectivity index (χ0) is 10.3. The van der Waals surface area contributed by atoms with E-state index in [0.29, 0.717) is 0 Å². The van der Waals surface area contributed by atoms with Crippen molar-refractivity contribution in [3.8, 4) is 0 Å². The highest BCUT2D eigenvalue weighted by Crippen LogP contribution is 2.38. The van der Waals surface area contributed by atoms with E-state index in [1.807, 2.05) is 0 Å². The van der Waals surface area contributed by atoms with Gasteiger partial charge in [0.25, 0.3) is 0 Å². The van der Waals surface area contributed by atoms with Crippen molar-refractivity contribution in [1.82, 2.24) is 10.2 Å². The minimum Gasteiger partial charge on any atom is -0.316 e. The molecule has 4 atom stereocenters. The SMILES string of the molecule is C[C@@H]1CNC[C@H]1CN1CC2CCCC2C1. The first-order valence-electron chi connectivity index (χ1n) is 6.76. The molecule has 0 aromatic carbocycles. The summed E-state index contributed by atoms with van der Waals surface area (Å²) >= 11 is 0. The van der Waals surface area contributed by atoms with Crippen molar-refractivity contribution in [2.45, 2.75) is 26.2 Å². The lowest BCUT2D eigenvalue weighted by atomic mass is 9.98. The van der Waals surface area contributed by atoms with E-state index in [1.165, 1.54) is 52.0 Å². The molecule has 0 aromatic heterocycles. The Morgan fingerprint density at radius 3 is 2.47 bits per heavy atom. The van der Waals surface area contributed by atoms with Gasteiger partial charge in [-0.1, -0.05) is 13.3 Å². The van der Waals surface area contributed by atoms with Crippen molar-refractivity contribution in [3.05, 3.63) is 0 Å². The van der Waals surface area contributed by atoms with E-state index in [9.17, 15) is 0 Å². The fourth-order valence-corrected chi connectivity index (χ4v) is 3.92. The number of fused-ring (bicyclic) bond motifs is 1. The van der Waals surface area contributed by atoms with Crippen molar-refractivity contribution in [2.24, 2.45) is 23.7 Å². The molecule has 2 heterocycles. The van der Waals surface area contributed by atoms with Gasteiger partial charge < -0.3 is 10.2 Å². The van der Waals surface area contributed by atoms with Crippen LogP contribution < -0.4 is 5.32 Å². The summed E-state index contributed by atoms with van der Waals surface area (Å²) in [5.41, 5.74) is 0. The highest BCUT2D eigenvalue weighted by Gasteiger charge is 2.37. The molecule has 2 heteroatoms. The van der Waals surface area contributed by atoms with Gasteiger partial charge in [-0.3, -0.25) is 0 Å². The quantitative estimate of drug-likeness (QED) is 0.741. The first kappa shape index (κ1) is 10.1. The van der Waals surface area contributed by atoms with Crippen molar-refractivity contribution >= 4 is 0 Å². The zero-order valence-electron chi connectivity index (χ0n) is 9.91. The minimum absolute atomic E-state index is 0.894. The predicted octanol–water partition coefficient (Wildman–Crippen LogP) is 1.57. The molecule has 2 saturated heterocycles. The summed E-state index contributed by atoms with van der Waals surface area (Å²) in [6.07, 6.45) is 4.53. The van der Waals surface area contributed by atoms with E-state index in [1.54, 1.807) is 0 Å². The van der Waals surface area contributed by atoms with Crippen LogP contribution in [0.5, 0.6) is 0 Å². The standard InChI is InChI=1S/C13H24N2/c1-10-5-14-6-13(10)9-15-7-11-3-2-4-12(11)8-15/h10-14H,2-9H2,1H3/t10-,11?,12?,13+/m1/s1. The fourth-order valence-electron chi connectivity index (χ4n) is 3.92. The van der Waals surface area contributed by atoms with Crippen molar-refractivity contribution < 1.29 is 0 Å². The van der Waals surface area contributed by atoms with Crippen molar-refractivity contribution in [3.63, 3.8) is 0 Å². The summed E-state index contributed by atoms with van der Waals surface area (Å²) in [7, 11) is 0. The van der Waals surface area contributed by atoms with E-state index >= 15 is 0 Å². The average molecular weight is 208 g/mol. The Morgan fingerprint density at radius 1 is 1.13 bits per heavy atom. The highest BCUT2D eigenvalue weighted by molar-refractivity contribution is 4.90. The Morgan fingerprint density at radius 2 is 1.87 bits per heavy atom. The first-order valence-corrected chi connectivity index (χ1v) is 6.76. The third-order valence-electron chi connectivity index (χ3n) is 4.97. The Hall–Kier alpha value is -0.0800. The van der Waals surface area contributed by atoms with Gasteiger partial charge in [-0.15, -0.1) is 0 Å². The van der Waals surface area contributed by atoms with Gasteiger partial charge in [0.15, 0.2) is 0 Å². The number of rotatable bonds is 2. The van der Waals surface area contributed by atoms with E-state index in [-0.39, 0.29) is 0 Å². The third kappa shape index (κ3) is 1.94. The molecule has 0 spiro atoms. The molecule has 1 aliphatic carbocycles. The number of nitrogens with one attached hydrogen (secondary N) is 1. The van der Waals surface area contributed by atoms with E-state index in [2.05, 4.69) is 17.1 Å². The first-order chi connectivity index (χ1) is 7.33. The summed E-state index contributed by atoms with van der Waals surface area (Å²) < 4.78 is 0. The number of hydrogen-bond donors (Lipinski definition) is 1. The molecule has 0 aromatic rings. The Kier molecular flexibility index (Phi) is 2.73. The van der Waals surface area contributed by atoms with Crippen LogP contribution in [0.25, 0.3) is 0 Å². The highest BCUT2D eigenvalue weighted by atomic mass is 15.2. The van der Waals surface area contributed by atoms with Gasteiger partial charge >= 0.3 is 0 Å². The average Bonchev–Trinajstić information content (AvgIpc) is 2.83. The fraction of sp³-hybridized carbons (Fsp3) is 1.00. The largest absolute Gasteiger partial charge is 0.316 e. The van der Waals surface area contributed by atoms with Crippen molar-refractivity contribution in [2.75, 3.05) is 32.7 Å². The Bertz CT molecular complexity index is 217. The molecule has 0 amide bonds. The molecular weight excluding hydrogens is 184 g/mol. The van der Waals surface area contributed by atoms with Gasteiger partial charge in [0, 0.05) is 19.6 Å². The second-order valence-corrected chi connectivity index (χ2v) is 6.07. The molecule has 3 rings (SSSR count). The molecular formula is C13H24N2. The normalized spacial score (nSPS) is 46.2. The molecule has 1 N–H and O–H groups in total. The summed E-state index contributed by atoms with van der Waals surface area (Å²) in [4.78, 5) is 2.75. The molecule has 86 valence electrons. The topological polar surface area (TPSA) is 15.3 Å². The van der Waals surface area contributed by atoms with Gasteiger partial charge in [-0.25, -0.2) is 0 Å². The summed E-state index contributed by atoms with van der Waals surface area (Å²) in [5, 5.41) is 3.52. The van der Waals surface area contributed by atoms with Crippen LogP contribution >= 0.6 is 0 Å². The van der Waals surface area contributed by atoms with E-state index in [4.69, 9.17) is 0 Å². The minimum atomic E-state index is 0.894. The second kappa shape index (κ2) is 4.06. The molecule has 3 fully saturated rings. The number of hydrogen-bond acceptors (Lipinski definition) is 2. The predicted molar refractivity (Wildman–Crippen MR) is 62.8 cm³/mol. The monoisotopic (exact) mass is 208 g/mol.